The molecule has 0 atom stereocenters. The Morgan fingerprint density at radius 3 is 2.65 bits per heavy atom. The summed E-state index contributed by atoms with van der Waals surface area (Å²) in [6, 6.07) is 7.53. The number of aromatic amines is 1. The Balaban J connectivity index is 2.12. The van der Waals surface area contributed by atoms with Crippen LogP contribution in [0.4, 0.5) is 4.39 Å². The maximum atomic E-state index is 13.9. The molecule has 0 aliphatic heterocycles. The quantitative estimate of drug-likeness (QED) is 0.788. The maximum Gasteiger partial charge on any atom is 0.251 e. The lowest BCUT2D eigenvalue weighted by molar-refractivity contribution is 0.0950. The Morgan fingerprint density at radius 2 is 2.04 bits per heavy atom. The number of hydrogen-bond donors (Lipinski definition) is 3. The van der Waals surface area contributed by atoms with Crippen LogP contribution in [0.5, 0.6) is 0 Å². The number of benzene rings is 1. The van der Waals surface area contributed by atoms with Crippen molar-refractivity contribution in [2.24, 2.45) is 5.73 Å². The van der Waals surface area contributed by atoms with Crippen LogP contribution in [0.3, 0.4) is 0 Å². The molecule has 0 aliphatic carbocycles. The molecule has 2 aromatic rings. The van der Waals surface area contributed by atoms with Gasteiger partial charge in [-0.1, -0.05) is 26.0 Å². The van der Waals surface area contributed by atoms with E-state index in [4.69, 9.17) is 5.73 Å². The zero-order valence-electron chi connectivity index (χ0n) is 13.2. The van der Waals surface area contributed by atoms with E-state index in [9.17, 15) is 14.0 Å². The average molecular weight is 317 g/mol. The summed E-state index contributed by atoms with van der Waals surface area (Å²) < 4.78 is 13.9. The number of nitrogens with one attached hydrogen (secondary N) is 2. The van der Waals surface area contributed by atoms with E-state index in [1.807, 2.05) is 13.8 Å². The average Bonchev–Trinajstić information content (AvgIpc) is 2.52. The first kappa shape index (κ1) is 16.9. The minimum atomic E-state index is -0.416. The molecule has 6 heteroatoms. The van der Waals surface area contributed by atoms with Gasteiger partial charge < -0.3 is 16.0 Å². The van der Waals surface area contributed by atoms with Crippen molar-refractivity contribution in [1.29, 1.82) is 0 Å². The summed E-state index contributed by atoms with van der Waals surface area (Å²) in [7, 11) is 0. The smallest absolute Gasteiger partial charge is 0.251 e. The molecule has 5 nitrogen and oxygen atoms in total. The highest BCUT2D eigenvalue weighted by atomic mass is 19.1. The summed E-state index contributed by atoms with van der Waals surface area (Å²) in [5.74, 6) is -0.737. The van der Waals surface area contributed by atoms with Crippen LogP contribution in [0.1, 0.15) is 46.9 Å². The third-order valence-electron chi connectivity index (χ3n) is 3.54. The third-order valence-corrected chi connectivity index (χ3v) is 3.54. The number of halogens is 1. The van der Waals surface area contributed by atoms with Gasteiger partial charge in [-0.25, -0.2) is 4.39 Å². The van der Waals surface area contributed by atoms with E-state index in [1.165, 1.54) is 12.1 Å². The summed E-state index contributed by atoms with van der Waals surface area (Å²) in [6.07, 6.45) is 0. The van der Waals surface area contributed by atoms with Gasteiger partial charge in [-0.05, 0) is 23.6 Å². The van der Waals surface area contributed by atoms with Crippen LogP contribution in [0.15, 0.2) is 35.1 Å². The SMILES string of the molecule is CC(C)c1cc(C(=O)NCc2ccc(CN)cc2F)cc(=O)[nH]1. The molecule has 1 aromatic carbocycles. The van der Waals surface area contributed by atoms with E-state index < -0.39 is 11.7 Å². The van der Waals surface area contributed by atoms with Gasteiger partial charge in [-0.3, -0.25) is 9.59 Å². The van der Waals surface area contributed by atoms with Gasteiger partial charge in [0.1, 0.15) is 5.82 Å². The molecule has 4 N–H and O–H groups in total. The Morgan fingerprint density at radius 1 is 1.30 bits per heavy atom. The molecule has 23 heavy (non-hydrogen) atoms. The first-order chi connectivity index (χ1) is 10.9. The summed E-state index contributed by atoms with van der Waals surface area (Å²) >= 11 is 0. The van der Waals surface area contributed by atoms with Gasteiger partial charge in [0, 0.05) is 36.0 Å². The van der Waals surface area contributed by atoms with Crippen molar-refractivity contribution < 1.29 is 9.18 Å². The monoisotopic (exact) mass is 317 g/mol. The number of rotatable bonds is 5. The van der Waals surface area contributed by atoms with E-state index in [0.29, 0.717) is 16.8 Å². The van der Waals surface area contributed by atoms with Gasteiger partial charge in [-0.15, -0.1) is 0 Å². The van der Waals surface area contributed by atoms with E-state index in [-0.39, 0.29) is 30.1 Å². The van der Waals surface area contributed by atoms with Crippen LogP contribution < -0.4 is 16.6 Å². The van der Waals surface area contributed by atoms with Crippen LogP contribution in [-0.2, 0) is 13.1 Å². The molecule has 0 unspecified atom stereocenters. The summed E-state index contributed by atoms with van der Waals surface area (Å²) in [5, 5.41) is 2.62. The normalized spacial score (nSPS) is 10.8. The fraction of sp³-hybridized carbons (Fsp3) is 0.294. The number of carbonyl (C=O) groups excluding carboxylic acids is 1. The highest BCUT2D eigenvalue weighted by Gasteiger charge is 2.11. The van der Waals surface area contributed by atoms with Gasteiger partial charge in [0.15, 0.2) is 0 Å². The molecule has 0 bridgehead atoms. The zero-order valence-corrected chi connectivity index (χ0v) is 13.2. The van der Waals surface area contributed by atoms with Crippen molar-refractivity contribution in [3.05, 3.63) is 68.9 Å². The van der Waals surface area contributed by atoms with Crippen molar-refractivity contribution in [2.45, 2.75) is 32.9 Å². The predicted octanol–water partition coefficient (Wildman–Crippen LogP) is 2.03. The molecule has 122 valence electrons. The Labute approximate surface area is 133 Å². The van der Waals surface area contributed by atoms with Crippen LogP contribution >= 0.6 is 0 Å². The van der Waals surface area contributed by atoms with E-state index in [0.717, 1.165) is 0 Å². The predicted molar refractivity (Wildman–Crippen MR) is 86.6 cm³/mol. The highest BCUT2D eigenvalue weighted by Crippen LogP contribution is 2.12. The lowest BCUT2D eigenvalue weighted by Gasteiger charge is -2.10. The summed E-state index contributed by atoms with van der Waals surface area (Å²) in [6.45, 7) is 4.14. The second-order valence-electron chi connectivity index (χ2n) is 5.66. The highest BCUT2D eigenvalue weighted by molar-refractivity contribution is 5.94. The topological polar surface area (TPSA) is 88.0 Å². The number of pyridine rings is 1. The van der Waals surface area contributed by atoms with Crippen LogP contribution in [0.25, 0.3) is 0 Å². The molecule has 0 saturated carbocycles. The zero-order chi connectivity index (χ0) is 17.0. The number of hydrogen-bond acceptors (Lipinski definition) is 3. The molecule has 0 radical (unpaired) electrons. The minimum absolute atomic E-state index is 0.0410. The van der Waals surface area contributed by atoms with Crippen molar-refractivity contribution in [3.8, 4) is 0 Å². The maximum absolute atomic E-state index is 13.9. The second kappa shape index (κ2) is 7.19. The van der Waals surface area contributed by atoms with Crippen molar-refractivity contribution >= 4 is 5.91 Å². The second-order valence-corrected chi connectivity index (χ2v) is 5.66. The van der Waals surface area contributed by atoms with Crippen molar-refractivity contribution in [2.75, 3.05) is 0 Å². The fourth-order valence-corrected chi connectivity index (χ4v) is 2.15. The largest absolute Gasteiger partial charge is 0.348 e. The van der Waals surface area contributed by atoms with Crippen LogP contribution in [0.2, 0.25) is 0 Å². The number of carbonyl (C=O) groups is 1. The van der Waals surface area contributed by atoms with E-state index in [2.05, 4.69) is 10.3 Å². The minimum Gasteiger partial charge on any atom is -0.348 e. The number of H-pyrrole nitrogens is 1. The van der Waals surface area contributed by atoms with Gasteiger partial charge in [0.05, 0.1) is 0 Å². The molecule has 0 aliphatic rings. The molecule has 2 rings (SSSR count). The Hall–Kier alpha value is -2.47. The molecule has 1 heterocycles. The molecule has 1 aromatic heterocycles. The first-order valence-electron chi connectivity index (χ1n) is 7.40. The lowest BCUT2D eigenvalue weighted by atomic mass is 10.1. The standard InChI is InChI=1S/C17H20FN3O2/c1-10(2)15-6-13(7-16(22)21-15)17(23)20-9-12-4-3-11(8-19)5-14(12)18/h3-7,10H,8-9,19H2,1-2H3,(H,20,23)(H,21,22). The van der Waals surface area contributed by atoms with E-state index in [1.54, 1.807) is 18.2 Å². The third kappa shape index (κ3) is 4.26. The number of aromatic nitrogens is 1. The Bertz CT molecular complexity index is 769. The Kier molecular flexibility index (Phi) is 5.28. The van der Waals surface area contributed by atoms with Gasteiger partial charge in [0.2, 0.25) is 5.56 Å². The molecule has 0 spiro atoms. The van der Waals surface area contributed by atoms with Gasteiger partial charge in [0.25, 0.3) is 5.91 Å². The fourth-order valence-electron chi connectivity index (χ4n) is 2.15. The summed E-state index contributed by atoms with van der Waals surface area (Å²) in [4.78, 5) is 26.5. The number of amides is 1. The molecule has 1 amide bonds. The first-order valence-corrected chi connectivity index (χ1v) is 7.40. The van der Waals surface area contributed by atoms with Gasteiger partial charge >= 0.3 is 0 Å². The van der Waals surface area contributed by atoms with Crippen LogP contribution in [0, 0.1) is 5.82 Å². The molecular formula is C17H20FN3O2. The van der Waals surface area contributed by atoms with Crippen molar-refractivity contribution in [3.63, 3.8) is 0 Å². The molecule has 0 fully saturated rings. The molecular weight excluding hydrogens is 297 g/mol. The van der Waals surface area contributed by atoms with Gasteiger partial charge in [-0.2, -0.15) is 0 Å². The summed E-state index contributed by atoms with van der Waals surface area (Å²) in [5.41, 5.74) is 7.11. The van der Waals surface area contributed by atoms with E-state index >= 15 is 0 Å². The molecule has 0 saturated heterocycles. The van der Waals surface area contributed by atoms with Crippen LogP contribution in [-0.4, -0.2) is 10.9 Å². The number of nitrogens with two attached hydrogens (primary N) is 1. The lowest BCUT2D eigenvalue weighted by Crippen LogP contribution is -2.25. The van der Waals surface area contributed by atoms with Crippen molar-refractivity contribution in [1.82, 2.24) is 10.3 Å².